The quantitative estimate of drug-likeness (QED) is 0.614. The van der Waals surface area contributed by atoms with Gasteiger partial charge < -0.3 is 24.4 Å². The van der Waals surface area contributed by atoms with Crippen LogP contribution in [0.2, 0.25) is 0 Å². The number of benzene rings is 1. The Bertz CT molecular complexity index is 1180. The minimum absolute atomic E-state index is 0.126. The van der Waals surface area contributed by atoms with Crippen molar-refractivity contribution in [3.8, 4) is 17.2 Å². The van der Waals surface area contributed by atoms with E-state index >= 15 is 0 Å². The Morgan fingerprint density at radius 2 is 1.91 bits per heavy atom. The highest BCUT2D eigenvalue weighted by Gasteiger charge is 2.26. The van der Waals surface area contributed by atoms with Gasteiger partial charge in [-0.3, -0.25) is 14.6 Å². The van der Waals surface area contributed by atoms with E-state index in [0.29, 0.717) is 47.4 Å². The van der Waals surface area contributed by atoms with Crippen molar-refractivity contribution in [1.82, 2.24) is 9.97 Å². The van der Waals surface area contributed by atoms with Crippen molar-refractivity contribution in [1.29, 1.82) is 0 Å². The molecule has 9 nitrogen and oxygen atoms in total. The first-order valence-electron chi connectivity index (χ1n) is 10.2. The number of fused-ring (bicyclic) bond motifs is 1. The predicted octanol–water partition coefficient (Wildman–Crippen LogP) is 2.82. The molecule has 0 unspecified atom stereocenters. The zero-order chi connectivity index (χ0) is 21.9. The van der Waals surface area contributed by atoms with Gasteiger partial charge in [-0.2, -0.15) is 0 Å². The second-order valence-electron chi connectivity index (χ2n) is 7.32. The summed E-state index contributed by atoms with van der Waals surface area (Å²) < 4.78 is 16.5. The van der Waals surface area contributed by atoms with Crippen LogP contribution in [0.3, 0.4) is 0 Å². The summed E-state index contributed by atoms with van der Waals surface area (Å²) in [6, 6.07) is 12.1. The average molecular weight is 432 g/mol. The molecule has 0 radical (unpaired) electrons. The molecule has 1 amide bonds. The molecule has 2 aliphatic heterocycles. The van der Waals surface area contributed by atoms with E-state index in [9.17, 15) is 9.59 Å². The first kappa shape index (κ1) is 20.0. The molecule has 1 saturated heterocycles. The lowest BCUT2D eigenvalue weighted by Crippen LogP contribution is -2.36. The first-order valence-corrected chi connectivity index (χ1v) is 10.2. The normalized spacial score (nSPS) is 15.1. The van der Waals surface area contributed by atoms with Gasteiger partial charge in [0.15, 0.2) is 11.5 Å². The molecule has 9 heteroatoms. The summed E-state index contributed by atoms with van der Waals surface area (Å²) >= 11 is 0. The van der Waals surface area contributed by atoms with Crippen LogP contribution in [0.5, 0.6) is 17.2 Å². The second-order valence-corrected chi connectivity index (χ2v) is 7.32. The van der Waals surface area contributed by atoms with E-state index < -0.39 is 0 Å². The maximum absolute atomic E-state index is 12.8. The number of hydrogen-bond donors (Lipinski definition) is 1. The number of carbonyl (C=O) groups excluding carboxylic acids is 2. The van der Waals surface area contributed by atoms with Gasteiger partial charge in [-0.05, 0) is 24.3 Å². The molecule has 0 atom stereocenters. The monoisotopic (exact) mass is 432 g/mol. The summed E-state index contributed by atoms with van der Waals surface area (Å²) in [5.41, 5.74) is 1.62. The number of hydrogen-bond acceptors (Lipinski definition) is 8. The number of morpholine rings is 1. The lowest BCUT2D eigenvalue weighted by Gasteiger charge is -2.27. The van der Waals surface area contributed by atoms with E-state index in [1.54, 1.807) is 54.9 Å². The molecule has 0 saturated carbocycles. The molecule has 1 aromatic carbocycles. The van der Waals surface area contributed by atoms with Crippen LogP contribution in [0, 0.1) is 0 Å². The van der Waals surface area contributed by atoms with Crippen LogP contribution in [0.1, 0.15) is 16.1 Å². The lowest BCUT2D eigenvalue weighted by atomic mass is 10.2. The van der Waals surface area contributed by atoms with Crippen LogP contribution in [-0.4, -0.2) is 48.1 Å². The van der Waals surface area contributed by atoms with Crippen molar-refractivity contribution in [2.45, 2.75) is 6.42 Å². The first-order chi connectivity index (χ1) is 15.7. The molecule has 1 fully saturated rings. The highest BCUT2D eigenvalue weighted by atomic mass is 16.6. The molecule has 5 rings (SSSR count). The van der Waals surface area contributed by atoms with E-state index in [0.717, 1.165) is 18.9 Å². The Kier molecular flexibility index (Phi) is 5.39. The Morgan fingerprint density at radius 1 is 1.06 bits per heavy atom. The average Bonchev–Trinajstić information content (AvgIpc) is 3.21. The minimum atomic E-state index is -0.363. The topological polar surface area (TPSA) is 103 Å². The van der Waals surface area contributed by atoms with Gasteiger partial charge in [0, 0.05) is 48.9 Å². The summed E-state index contributed by atoms with van der Waals surface area (Å²) in [6.07, 6.45) is 3.32. The maximum Gasteiger partial charge on any atom is 0.317 e. The fourth-order valence-electron chi connectivity index (χ4n) is 3.57. The molecular weight excluding hydrogens is 412 g/mol. The zero-order valence-corrected chi connectivity index (χ0v) is 17.1. The number of nitrogens with one attached hydrogen (secondary N) is 1. The molecule has 162 valence electrons. The van der Waals surface area contributed by atoms with Gasteiger partial charge in [0.25, 0.3) is 5.91 Å². The molecule has 2 aliphatic rings. The highest BCUT2D eigenvalue weighted by molar-refractivity contribution is 6.04. The Morgan fingerprint density at radius 3 is 2.78 bits per heavy atom. The predicted molar refractivity (Wildman–Crippen MR) is 115 cm³/mol. The van der Waals surface area contributed by atoms with E-state index in [2.05, 4.69) is 20.2 Å². The van der Waals surface area contributed by atoms with Crippen LogP contribution in [0.25, 0.3) is 0 Å². The van der Waals surface area contributed by atoms with Gasteiger partial charge in [-0.15, -0.1) is 0 Å². The number of amides is 1. The van der Waals surface area contributed by atoms with Crippen LogP contribution in [-0.2, 0) is 16.0 Å². The van der Waals surface area contributed by atoms with Crippen molar-refractivity contribution in [3.05, 3.63) is 66.1 Å². The van der Waals surface area contributed by atoms with Crippen molar-refractivity contribution < 1.29 is 23.8 Å². The van der Waals surface area contributed by atoms with E-state index in [1.807, 2.05) is 0 Å². The van der Waals surface area contributed by atoms with Crippen molar-refractivity contribution in [2.24, 2.45) is 0 Å². The van der Waals surface area contributed by atoms with Gasteiger partial charge in [0.1, 0.15) is 11.6 Å². The number of esters is 1. The minimum Gasteiger partial charge on any atom is -0.453 e. The lowest BCUT2D eigenvalue weighted by molar-refractivity contribution is -0.131. The number of nitrogens with zero attached hydrogens (tertiary/aromatic N) is 3. The van der Waals surface area contributed by atoms with Gasteiger partial charge in [0.2, 0.25) is 0 Å². The highest BCUT2D eigenvalue weighted by Crippen LogP contribution is 2.37. The number of carbonyl (C=O) groups is 2. The summed E-state index contributed by atoms with van der Waals surface area (Å²) in [7, 11) is 0. The summed E-state index contributed by atoms with van der Waals surface area (Å²) in [5, 5.41) is 2.89. The van der Waals surface area contributed by atoms with Crippen molar-refractivity contribution >= 4 is 23.4 Å². The number of rotatable bonds is 5. The number of aromatic nitrogens is 2. The molecular formula is C23H20N4O5. The van der Waals surface area contributed by atoms with Crippen LogP contribution < -0.4 is 19.7 Å². The number of ether oxygens (including phenoxy) is 3. The van der Waals surface area contributed by atoms with Gasteiger partial charge in [-0.25, -0.2) is 4.98 Å². The van der Waals surface area contributed by atoms with Crippen LogP contribution >= 0.6 is 0 Å². The Balaban J connectivity index is 1.30. The molecule has 2 aromatic heterocycles. The molecule has 1 N–H and O–H groups in total. The number of anilines is 2. The maximum atomic E-state index is 12.8. The molecule has 32 heavy (non-hydrogen) atoms. The van der Waals surface area contributed by atoms with E-state index in [-0.39, 0.29) is 18.3 Å². The zero-order valence-electron chi connectivity index (χ0n) is 17.1. The largest absolute Gasteiger partial charge is 0.453 e. The fraction of sp³-hybridized carbons (Fsp3) is 0.217. The summed E-state index contributed by atoms with van der Waals surface area (Å²) in [5.74, 6) is 1.35. The number of pyridine rings is 2. The van der Waals surface area contributed by atoms with Gasteiger partial charge in [0.05, 0.1) is 25.3 Å². The molecule has 0 aliphatic carbocycles. The molecule has 0 spiro atoms. The third-order valence-corrected chi connectivity index (χ3v) is 5.13. The third-order valence-electron chi connectivity index (χ3n) is 5.13. The Hall–Kier alpha value is -3.98. The van der Waals surface area contributed by atoms with Crippen molar-refractivity contribution in [3.63, 3.8) is 0 Å². The Labute approximate surface area is 184 Å². The smallest absolute Gasteiger partial charge is 0.317 e. The van der Waals surface area contributed by atoms with Gasteiger partial charge >= 0.3 is 5.97 Å². The summed E-state index contributed by atoms with van der Waals surface area (Å²) in [6.45, 7) is 2.77. The molecule has 3 aromatic rings. The fourth-order valence-corrected chi connectivity index (χ4v) is 3.57. The third kappa shape index (κ3) is 4.23. The van der Waals surface area contributed by atoms with E-state index in [4.69, 9.17) is 14.2 Å². The van der Waals surface area contributed by atoms with Crippen LogP contribution in [0.15, 0.2) is 54.9 Å². The van der Waals surface area contributed by atoms with E-state index in [1.165, 1.54) is 0 Å². The van der Waals surface area contributed by atoms with Gasteiger partial charge in [-0.1, -0.05) is 6.07 Å². The second kappa shape index (κ2) is 8.64. The van der Waals surface area contributed by atoms with Crippen LogP contribution in [0.4, 0.5) is 11.5 Å². The standard InChI is InChI=1S/C23H20N4O5/c28-21-14-18-22(32-21)19(5-7-24-18)31-17-3-1-2-16(13-17)26-23(29)15-4-6-25-20(12-15)27-8-10-30-11-9-27/h1-7,12-13H,8-11,14H2,(H,26,29). The summed E-state index contributed by atoms with van der Waals surface area (Å²) in [4.78, 5) is 35.0. The van der Waals surface area contributed by atoms with Crippen molar-refractivity contribution in [2.75, 3.05) is 36.5 Å². The SMILES string of the molecule is O=C1Cc2nccc(Oc3cccc(NC(=O)c4ccnc(N5CCOCC5)c4)c3)c2O1. The molecule has 0 bridgehead atoms. The molecule has 4 heterocycles.